The topological polar surface area (TPSA) is 97.3 Å². The lowest BCUT2D eigenvalue weighted by atomic mass is 10.0. The molecule has 0 aromatic carbocycles. The minimum atomic E-state index is -0.233. The SMILES string of the molecule is O=C(c1ccccn1)c1cc2n[nH]nc2nc1-c1ccccn1. The molecular weight excluding hydrogens is 292 g/mol. The summed E-state index contributed by atoms with van der Waals surface area (Å²) in [6.45, 7) is 0. The van der Waals surface area contributed by atoms with Crippen LogP contribution in [-0.4, -0.2) is 36.1 Å². The summed E-state index contributed by atoms with van der Waals surface area (Å²) in [6, 6.07) is 12.3. The molecule has 0 radical (unpaired) electrons. The maximum absolute atomic E-state index is 12.8. The number of H-pyrrole nitrogens is 1. The van der Waals surface area contributed by atoms with Gasteiger partial charge in [-0.15, -0.1) is 5.10 Å². The number of nitrogens with one attached hydrogen (secondary N) is 1. The van der Waals surface area contributed by atoms with Gasteiger partial charge in [0.25, 0.3) is 0 Å². The van der Waals surface area contributed by atoms with Crippen LogP contribution in [0.4, 0.5) is 0 Å². The highest BCUT2D eigenvalue weighted by Gasteiger charge is 2.20. The second kappa shape index (κ2) is 5.38. The first kappa shape index (κ1) is 13.2. The molecule has 0 aliphatic rings. The van der Waals surface area contributed by atoms with Gasteiger partial charge in [0.15, 0.2) is 0 Å². The van der Waals surface area contributed by atoms with Crippen molar-refractivity contribution >= 4 is 16.9 Å². The van der Waals surface area contributed by atoms with Crippen LogP contribution >= 0.6 is 0 Å². The van der Waals surface area contributed by atoms with Gasteiger partial charge in [-0.25, -0.2) is 4.98 Å². The lowest BCUT2D eigenvalue weighted by Crippen LogP contribution is -2.07. The molecule has 0 saturated heterocycles. The van der Waals surface area contributed by atoms with Crippen molar-refractivity contribution in [1.82, 2.24) is 30.4 Å². The number of ketones is 1. The van der Waals surface area contributed by atoms with Crippen LogP contribution in [-0.2, 0) is 0 Å². The van der Waals surface area contributed by atoms with Crippen molar-refractivity contribution in [3.05, 3.63) is 66.1 Å². The van der Waals surface area contributed by atoms with Crippen LogP contribution in [0.1, 0.15) is 16.1 Å². The van der Waals surface area contributed by atoms with E-state index in [2.05, 4.69) is 30.4 Å². The Balaban J connectivity index is 1.95. The summed E-state index contributed by atoms with van der Waals surface area (Å²) in [7, 11) is 0. The van der Waals surface area contributed by atoms with Crippen molar-refractivity contribution in [3.8, 4) is 11.4 Å². The van der Waals surface area contributed by atoms with Crippen LogP contribution < -0.4 is 0 Å². The third kappa shape index (κ3) is 2.34. The number of fused-ring (bicyclic) bond motifs is 1. The van der Waals surface area contributed by atoms with E-state index in [1.165, 1.54) is 0 Å². The summed E-state index contributed by atoms with van der Waals surface area (Å²) in [5, 5.41) is 10.5. The monoisotopic (exact) mass is 302 g/mol. The zero-order valence-corrected chi connectivity index (χ0v) is 11.8. The van der Waals surface area contributed by atoms with Gasteiger partial charge in [0.05, 0.1) is 11.3 Å². The Hall–Kier alpha value is -3.48. The summed E-state index contributed by atoms with van der Waals surface area (Å²) >= 11 is 0. The third-order valence-electron chi connectivity index (χ3n) is 3.36. The highest BCUT2D eigenvalue weighted by molar-refractivity contribution is 6.12. The quantitative estimate of drug-likeness (QED) is 0.582. The predicted octanol–water partition coefficient (Wildman–Crippen LogP) is 2.04. The molecule has 4 aromatic rings. The van der Waals surface area contributed by atoms with E-state index in [4.69, 9.17) is 0 Å². The summed E-state index contributed by atoms with van der Waals surface area (Å²) in [6.07, 6.45) is 3.23. The molecule has 0 aliphatic heterocycles. The van der Waals surface area contributed by atoms with Crippen molar-refractivity contribution in [2.75, 3.05) is 0 Å². The summed E-state index contributed by atoms with van der Waals surface area (Å²) in [4.78, 5) is 25.7. The smallest absolute Gasteiger partial charge is 0.213 e. The first-order valence-corrected chi connectivity index (χ1v) is 6.91. The van der Waals surface area contributed by atoms with E-state index in [0.717, 1.165) is 0 Å². The molecule has 0 aliphatic carbocycles. The number of aromatic nitrogens is 6. The normalized spacial score (nSPS) is 10.8. The number of carbonyl (C=O) groups is 1. The number of pyridine rings is 3. The Morgan fingerprint density at radius 3 is 2.52 bits per heavy atom. The fraction of sp³-hybridized carbons (Fsp3) is 0. The second-order valence-corrected chi connectivity index (χ2v) is 4.81. The molecule has 1 N–H and O–H groups in total. The van der Waals surface area contributed by atoms with Gasteiger partial charge in [-0.2, -0.15) is 10.3 Å². The molecule has 7 heteroatoms. The Kier molecular flexibility index (Phi) is 3.09. The van der Waals surface area contributed by atoms with E-state index in [9.17, 15) is 4.79 Å². The zero-order chi connectivity index (χ0) is 15.6. The van der Waals surface area contributed by atoms with Gasteiger partial charge in [0.2, 0.25) is 11.4 Å². The van der Waals surface area contributed by atoms with E-state index >= 15 is 0 Å². The van der Waals surface area contributed by atoms with E-state index in [1.807, 2.05) is 6.07 Å². The van der Waals surface area contributed by atoms with E-state index in [-0.39, 0.29) is 5.78 Å². The van der Waals surface area contributed by atoms with Crippen molar-refractivity contribution in [1.29, 1.82) is 0 Å². The number of hydrogen-bond donors (Lipinski definition) is 1. The molecule has 0 atom stereocenters. The van der Waals surface area contributed by atoms with Crippen molar-refractivity contribution in [2.45, 2.75) is 0 Å². The number of carbonyl (C=O) groups excluding carboxylic acids is 1. The van der Waals surface area contributed by atoms with Crippen LogP contribution in [0.3, 0.4) is 0 Å². The van der Waals surface area contributed by atoms with Gasteiger partial charge in [0, 0.05) is 12.4 Å². The maximum atomic E-state index is 12.8. The molecule has 4 aromatic heterocycles. The van der Waals surface area contributed by atoms with Crippen LogP contribution in [0.25, 0.3) is 22.6 Å². The molecule has 0 saturated carbocycles. The van der Waals surface area contributed by atoms with Crippen molar-refractivity contribution in [3.63, 3.8) is 0 Å². The van der Waals surface area contributed by atoms with Crippen LogP contribution in [0, 0.1) is 0 Å². The first-order valence-electron chi connectivity index (χ1n) is 6.91. The van der Waals surface area contributed by atoms with E-state index in [1.54, 1.807) is 48.8 Å². The van der Waals surface area contributed by atoms with Crippen LogP contribution in [0.5, 0.6) is 0 Å². The minimum absolute atomic E-state index is 0.233. The van der Waals surface area contributed by atoms with E-state index in [0.29, 0.717) is 33.8 Å². The first-order chi connectivity index (χ1) is 11.3. The molecule has 4 rings (SSSR count). The van der Waals surface area contributed by atoms with Gasteiger partial charge in [-0.3, -0.25) is 14.8 Å². The van der Waals surface area contributed by atoms with Gasteiger partial charge in [-0.1, -0.05) is 12.1 Å². The third-order valence-corrected chi connectivity index (χ3v) is 3.36. The van der Waals surface area contributed by atoms with Gasteiger partial charge < -0.3 is 0 Å². The fourth-order valence-electron chi connectivity index (χ4n) is 2.29. The molecular formula is C16H10N6O. The lowest BCUT2D eigenvalue weighted by molar-refractivity contribution is 0.103. The second-order valence-electron chi connectivity index (χ2n) is 4.81. The van der Waals surface area contributed by atoms with Gasteiger partial charge in [0.1, 0.15) is 16.9 Å². The molecule has 110 valence electrons. The number of aromatic amines is 1. The molecule has 23 heavy (non-hydrogen) atoms. The maximum Gasteiger partial charge on any atom is 0.213 e. The lowest BCUT2D eigenvalue weighted by Gasteiger charge is -2.07. The Bertz CT molecular complexity index is 981. The van der Waals surface area contributed by atoms with E-state index < -0.39 is 0 Å². The Morgan fingerprint density at radius 2 is 1.78 bits per heavy atom. The highest BCUT2D eigenvalue weighted by atomic mass is 16.1. The predicted molar refractivity (Wildman–Crippen MR) is 82.6 cm³/mol. The average molecular weight is 302 g/mol. The van der Waals surface area contributed by atoms with Crippen molar-refractivity contribution < 1.29 is 4.79 Å². The fourth-order valence-corrected chi connectivity index (χ4v) is 2.29. The summed E-state index contributed by atoms with van der Waals surface area (Å²) < 4.78 is 0. The molecule has 0 amide bonds. The number of hydrogen-bond acceptors (Lipinski definition) is 6. The standard InChI is InChI=1S/C16H10N6O/c23-15(12-6-2-4-8-18-12)10-9-13-16(21-22-20-13)19-14(10)11-5-1-3-7-17-11/h1-9H,(H,19,20,21,22). The van der Waals surface area contributed by atoms with Crippen LogP contribution in [0.15, 0.2) is 54.9 Å². The van der Waals surface area contributed by atoms with Gasteiger partial charge in [-0.05, 0) is 30.3 Å². The van der Waals surface area contributed by atoms with Crippen molar-refractivity contribution in [2.24, 2.45) is 0 Å². The average Bonchev–Trinajstić information content (AvgIpc) is 3.09. The zero-order valence-electron chi connectivity index (χ0n) is 11.8. The molecule has 4 heterocycles. The molecule has 0 fully saturated rings. The van der Waals surface area contributed by atoms with Crippen LogP contribution in [0.2, 0.25) is 0 Å². The summed E-state index contributed by atoms with van der Waals surface area (Å²) in [5.74, 6) is -0.233. The summed E-state index contributed by atoms with van der Waals surface area (Å²) in [5.41, 5.74) is 2.74. The van der Waals surface area contributed by atoms with Gasteiger partial charge >= 0.3 is 0 Å². The largest absolute Gasteiger partial charge is 0.287 e. The minimum Gasteiger partial charge on any atom is -0.287 e. The number of nitrogens with zero attached hydrogens (tertiary/aromatic N) is 5. The Labute approximate surface area is 130 Å². The molecule has 7 nitrogen and oxygen atoms in total. The Morgan fingerprint density at radius 1 is 0.957 bits per heavy atom. The molecule has 0 unspecified atom stereocenters. The number of rotatable bonds is 3. The highest BCUT2D eigenvalue weighted by Crippen LogP contribution is 2.24. The molecule has 0 spiro atoms. The molecule has 0 bridgehead atoms.